The number of hydrogen-bond acceptors (Lipinski definition) is 2. The highest BCUT2D eigenvalue weighted by molar-refractivity contribution is 6.20. The Bertz CT molecular complexity index is 2730. The molecule has 1 aliphatic heterocycles. The minimum atomic E-state index is 0.388. The van der Waals surface area contributed by atoms with Gasteiger partial charge in [-0.25, -0.2) is 9.98 Å². The van der Waals surface area contributed by atoms with E-state index in [9.17, 15) is 0 Å². The van der Waals surface area contributed by atoms with E-state index in [2.05, 4.69) is 138 Å². The molecule has 1 aromatic heterocycles. The molecule has 2 heterocycles. The quantitative estimate of drug-likeness (QED) is 0.164. The summed E-state index contributed by atoms with van der Waals surface area (Å²) in [5.74, 6) is 1.05. The Hall–Kier alpha value is -6.54. The lowest BCUT2D eigenvalue weighted by atomic mass is 9.74. The summed E-state index contributed by atoms with van der Waals surface area (Å²) in [5, 5.41) is 2.44. The molecule has 0 saturated carbocycles. The number of hydrogen-bond donors (Lipinski definition) is 0. The van der Waals surface area contributed by atoms with E-state index in [0.29, 0.717) is 11.8 Å². The van der Waals surface area contributed by atoms with Gasteiger partial charge in [-0.15, -0.1) is 0 Å². The second kappa shape index (κ2) is 12.7. The first-order valence-corrected chi connectivity index (χ1v) is 18.2. The van der Waals surface area contributed by atoms with Gasteiger partial charge in [-0.05, 0) is 65.8 Å². The van der Waals surface area contributed by atoms with Crippen LogP contribution in [-0.2, 0) is 6.42 Å². The number of para-hydroxylation sites is 1. The van der Waals surface area contributed by atoms with Crippen molar-refractivity contribution in [3.05, 3.63) is 209 Å². The van der Waals surface area contributed by atoms with Crippen molar-refractivity contribution in [2.75, 3.05) is 0 Å². The average molecular weight is 666 g/mol. The van der Waals surface area contributed by atoms with Crippen LogP contribution < -0.4 is 0 Å². The molecule has 3 heteroatoms. The van der Waals surface area contributed by atoms with Gasteiger partial charge in [0, 0.05) is 45.1 Å². The normalized spacial score (nSPS) is 16.4. The molecule has 7 aromatic rings. The summed E-state index contributed by atoms with van der Waals surface area (Å²) in [6, 6.07) is 52.0. The van der Waals surface area contributed by atoms with Crippen LogP contribution in [0, 0.1) is 0 Å². The van der Waals surface area contributed by atoms with Crippen molar-refractivity contribution in [3.63, 3.8) is 0 Å². The fourth-order valence-corrected chi connectivity index (χ4v) is 8.23. The molecule has 0 spiro atoms. The van der Waals surface area contributed by atoms with E-state index < -0.39 is 0 Å². The van der Waals surface area contributed by atoms with Gasteiger partial charge in [0.2, 0.25) is 0 Å². The molecule has 2 aliphatic carbocycles. The second-order valence-electron chi connectivity index (χ2n) is 13.8. The average Bonchev–Trinajstić information content (AvgIpc) is 3.37. The Labute approximate surface area is 303 Å². The van der Waals surface area contributed by atoms with Gasteiger partial charge in [0.25, 0.3) is 0 Å². The summed E-state index contributed by atoms with van der Waals surface area (Å²) in [6.07, 6.45) is 12.1. The van der Waals surface area contributed by atoms with E-state index in [-0.39, 0.29) is 0 Å². The predicted molar refractivity (Wildman–Crippen MR) is 217 cm³/mol. The van der Waals surface area contributed by atoms with Crippen molar-refractivity contribution >= 4 is 39.1 Å². The van der Waals surface area contributed by atoms with Crippen molar-refractivity contribution in [2.24, 2.45) is 9.98 Å². The largest absolute Gasteiger partial charge is 0.309 e. The van der Waals surface area contributed by atoms with Gasteiger partial charge >= 0.3 is 0 Å². The lowest BCUT2D eigenvalue weighted by Crippen LogP contribution is -2.14. The van der Waals surface area contributed by atoms with Crippen LogP contribution in [0.3, 0.4) is 0 Å². The highest BCUT2D eigenvalue weighted by atomic mass is 15.0. The van der Waals surface area contributed by atoms with Crippen LogP contribution in [0.2, 0.25) is 0 Å². The van der Waals surface area contributed by atoms with Gasteiger partial charge in [-0.2, -0.15) is 0 Å². The number of allylic oxidation sites excluding steroid dienone is 5. The first-order valence-electron chi connectivity index (χ1n) is 18.2. The van der Waals surface area contributed by atoms with Crippen LogP contribution in [0.5, 0.6) is 0 Å². The van der Waals surface area contributed by atoms with Crippen molar-refractivity contribution in [2.45, 2.75) is 25.2 Å². The standard InChI is InChI=1S/C49H35N3/c1-4-14-33(15-5-1)44-31-37-30-38(25-27-39(37)40-20-10-11-21-41(40)44)52-47-23-13-12-22-42(47)43-26-24-36(32-48(43)52)49-50-45(34-16-6-2-7-17-34)28-29-46(51-49)35-18-8-3-9-19-35/h1-4,6-14,16-28,30,32,44H,5,15,31H2. The third-order valence-electron chi connectivity index (χ3n) is 10.7. The highest BCUT2D eigenvalue weighted by Crippen LogP contribution is 2.45. The Balaban J connectivity index is 1.15. The topological polar surface area (TPSA) is 29.6 Å². The SMILES string of the molecule is C1=CC(c2ccccc2)=NC(c2ccc3c4ccccc4n(-c4ccc5c(c4)CC(C4=CC=CCC4)c4ccccc4-5)c3c2)=NC=1c1ccccc1. The number of fused-ring (bicyclic) bond motifs is 6. The fourth-order valence-electron chi connectivity index (χ4n) is 8.23. The van der Waals surface area contributed by atoms with Crippen molar-refractivity contribution in [3.8, 4) is 16.8 Å². The maximum atomic E-state index is 5.20. The minimum absolute atomic E-state index is 0.388. The zero-order valence-electron chi connectivity index (χ0n) is 28.7. The molecule has 1 atom stereocenters. The van der Waals surface area contributed by atoms with Gasteiger partial charge in [-0.3, -0.25) is 0 Å². The van der Waals surface area contributed by atoms with E-state index in [1.54, 1.807) is 0 Å². The van der Waals surface area contributed by atoms with E-state index in [1.807, 2.05) is 42.5 Å². The van der Waals surface area contributed by atoms with Crippen LogP contribution in [0.4, 0.5) is 0 Å². The van der Waals surface area contributed by atoms with E-state index >= 15 is 0 Å². The number of nitrogens with zero attached hydrogens (tertiary/aromatic N) is 3. The van der Waals surface area contributed by atoms with Crippen LogP contribution in [0.1, 0.15) is 46.6 Å². The number of aromatic nitrogens is 1. The van der Waals surface area contributed by atoms with Gasteiger partial charge < -0.3 is 4.57 Å². The Kier molecular flexibility index (Phi) is 7.37. The van der Waals surface area contributed by atoms with Crippen LogP contribution in [0.15, 0.2) is 191 Å². The molecule has 0 amide bonds. The molecule has 0 fully saturated rings. The summed E-state index contributed by atoms with van der Waals surface area (Å²) in [6.45, 7) is 0. The lowest BCUT2D eigenvalue weighted by Gasteiger charge is -2.31. The molecule has 3 nitrogen and oxygen atoms in total. The van der Waals surface area contributed by atoms with Crippen molar-refractivity contribution < 1.29 is 0 Å². The van der Waals surface area contributed by atoms with Crippen molar-refractivity contribution in [1.29, 1.82) is 0 Å². The number of amidine groups is 1. The molecule has 0 bridgehead atoms. The smallest absolute Gasteiger partial charge is 0.161 e. The third-order valence-corrected chi connectivity index (χ3v) is 10.7. The van der Waals surface area contributed by atoms with Crippen LogP contribution >= 0.6 is 0 Å². The van der Waals surface area contributed by atoms with Gasteiger partial charge in [0.05, 0.1) is 16.7 Å². The van der Waals surface area contributed by atoms with E-state index in [1.165, 1.54) is 49.8 Å². The van der Waals surface area contributed by atoms with Crippen LogP contribution in [-0.4, -0.2) is 16.1 Å². The lowest BCUT2D eigenvalue weighted by molar-refractivity contribution is 0.723. The molecule has 246 valence electrons. The van der Waals surface area contributed by atoms with Crippen LogP contribution in [0.25, 0.3) is 44.3 Å². The van der Waals surface area contributed by atoms with Crippen molar-refractivity contribution in [1.82, 2.24) is 4.57 Å². The summed E-state index contributed by atoms with van der Waals surface area (Å²) in [4.78, 5) is 10.4. The first-order chi connectivity index (χ1) is 25.8. The summed E-state index contributed by atoms with van der Waals surface area (Å²) >= 11 is 0. The molecule has 0 saturated heterocycles. The number of aliphatic imine (C=N–C) groups is 2. The maximum Gasteiger partial charge on any atom is 0.161 e. The predicted octanol–water partition coefficient (Wildman–Crippen LogP) is 11.8. The molecule has 0 radical (unpaired) electrons. The van der Waals surface area contributed by atoms with E-state index in [0.717, 1.165) is 52.9 Å². The maximum absolute atomic E-state index is 5.20. The Morgan fingerprint density at radius 1 is 0.615 bits per heavy atom. The number of rotatable bonds is 5. The summed E-state index contributed by atoms with van der Waals surface area (Å²) in [7, 11) is 0. The summed E-state index contributed by atoms with van der Waals surface area (Å²) < 4.78 is 2.43. The third kappa shape index (κ3) is 5.22. The molecule has 52 heavy (non-hydrogen) atoms. The monoisotopic (exact) mass is 665 g/mol. The zero-order valence-corrected chi connectivity index (χ0v) is 28.7. The zero-order chi connectivity index (χ0) is 34.4. The van der Waals surface area contributed by atoms with Gasteiger partial charge in [-0.1, -0.05) is 151 Å². The first kappa shape index (κ1) is 30.3. The highest BCUT2D eigenvalue weighted by Gasteiger charge is 2.28. The van der Waals surface area contributed by atoms with E-state index in [4.69, 9.17) is 9.98 Å². The molecular weight excluding hydrogens is 631 g/mol. The minimum Gasteiger partial charge on any atom is -0.309 e. The molecule has 6 aromatic carbocycles. The summed E-state index contributed by atoms with van der Waals surface area (Å²) in [5.41, 5.74) is 18.6. The number of benzene rings is 6. The van der Waals surface area contributed by atoms with Gasteiger partial charge in [0.1, 0.15) is 5.70 Å². The Morgan fingerprint density at radius 2 is 1.38 bits per heavy atom. The molecule has 10 rings (SSSR count). The second-order valence-corrected chi connectivity index (χ2v) is 13.8. The molecule has 3 aliphatic rings. The molecule has 1 unspecified atom stereocenters. The fraction of sp³-hybridized carbons (Fsp3) is 0.0816. The molecule has 0 N–H and O–H groups in total. The Morgan fingerprint density at radius 3 is 2.23 bits per heavy atom. The molecular formula is C49H35N3. The van der Waals surface area contributed by atoms with Gasteiger partial charge in [0.15, 0.2) is 5.84 Å².